The van der Waals surface area contributed by atoms with Crippen LogP contribution in [0.25, 0.3) is 0 Å². The van der Waals surface area contributed by atoms with Gasteiger partial charge in [-0.25, -0.2) is 0 Å². The van der Waals surface area contributed by atoms with Gasteiger partial charge in [-0.1, -0.05) is 6.92 Å². The largest absolute Gasteiger partial charge is 0.507 e. The standard InChI is InChI=1S/C18H21NO4/c1-4-12(13-5-7-19-8-6-13)9-15(20)18-16(21)10-14(22-2)11-17(18)23-3/h5-8,10-12,21H,4,9H2,1-3H3. The van der Waals surface area contributed by atoms with Crippen molar-refractivity contribution in [1.29, 1.82) is 0 Å². The fourth-order valence-electron chi connectivity index (χ4n) is 2.59. The number of ketones is 1. The molecule has 0 bridgehead atoms. The number of phenolic OH excluding ortho intramolecular Hbond substituents is 1. The van der Waals surface area contributed by atoms with Crippen LogP contribution in [-0.2, 0) is 0 Å². The minimum absolute atomic E-state index is 0.0664. The highest BCUT2D eigenvalue weighted by atomic mass is 16.5. The lowest BCUT2D eigenvalue weighted by Gasteiger charge is -2.16. The zero-order valence-corrected chi connectivity index (χ0v) is 13.6. The van der Waals surface area contributed by atoms with E-state index in [0.717, 1.165) is 12.0 Å². The molecule has 5 nitrogen and oxygen atoms in total. The van der Waals surface area contributed by atoms with Crippen LogP contribution in [0, 0.1) is 0 Å². The Bertz CT molecular complexity index is 670. The minimum Gasteiger partial charge on any atom is -0.507 e. The molecule has 1 aromatic carbocycles. The maximum Gasteiger partial charge on any atom is 0.170 e. The van der Waals surface area contributed by atoms with Crippen molar-refractivity contribution in [3.05, 3.63) is 47.8 Å². The highest BCUT2D eigenvalue weighted by Crippen LogP contribution is 2.36. The number of nitrogens with zero attached hydrogens (tertiary/aromatic N) is 1. The fraction of sp³-hybridized carbons (Fsp3) is 0.333. The minimum atomic E-state index is -0.161. The molecule has 0 radical (unpaired) electrons. The number of pyridine rings is 1. The van der Waals surface area contributed by atoms with Crippen LogP contribution in [-0.4, -0.2) is 30.1 Å². The summed E-state index contributed by atoms with van der Waals surface area (Å²) in [6, 6.07) is 6.84. The molecule has 0 aliphatic carbocycles. The lowest BCUT2D eigenvalue weighted by molar-refractivity contribution is 0.0967. The monoisotopic (exact) mass is 315 g/mol. The zero-order chi connectivity index (χ0) is 16.8. The van der Waals surface area contributed by atoms with Gasteiger partial charge in [0.2, 0.25) is 0 Å². The Balaban J connectivity index is 2.30. The van der Waals surface area contributed by atoms with Crippen molar-refractivity contribution in [3.8, 4) is 17.2 Å². The number of Topliss-reactive ketones (excluding diaryl/α,β-unsaturated/α-hetero) is 1. The Morgan fingerprint density at radius 2 is 1.91 bits per heavy atom. The molecular weight excluding hydrogens is 294 g/mol. The Morgan fingerprint density at radius 3 is 2.48 bits per heavy atom. The van der Waals surface area contributed by atoms with Crippen LogP contribution in [0.2, 0.25) is 0 Å². The molecule has 1 atom stereocenters. The van der Waals surface area contributed by atoms with Gasteiger partial charge < -0.3 is 14.6 Å². The van der Waals surface area contributed by atoms with E-state index in [1.54, 1.807) is 18.5 Å². The van der Waals surface area contributed by atoms with Gasteiger partial charge in [0.1, 0.15) is 22.8 Å². The Hall–Kier alpha value is -2.56. The van der Waals surface area contributed by atoms with Crippen LogP contribution in [0.4, 0.5) is 0 Å². The molecule has 1 aromatic heterocycles. The van der Waals surface area contributed by atoms with E-state index in [1.807, 2.05) is 19.1 Å². The average Bonchev–Trinajstić information content (AvgIpc) is 2.59. The molecule has 0 amide bonds. The number of rotatable bonds is 7. The van der Waals surface area contributed by atoms with Gasteiger partial charge in [-0.15, -0.1) is 0 Å². The van der Waals surface area contributed by atoms with Crippen molar-refractivity contribution in [2.45, 2.75) is 25.7 Å². The average molecular weight is 315 g/mol. The number of hydrogen-bond donors (Lipinski definition) is 1. The predicted octanol–water partition coefficient (Wildman–Crippen LogP) is 3.57. The van der Waals surface area contributed by atoms with E-state index in [2.05, 4.69) is 4.98 Å². The van der Waals surface area contributed by atoms with E-state index >= 15 is 0 Å². The molecule has 0 spiro atoms. The third kappa shape index (κ3) is 3.80. The summed E-state index contributed by atoms with van der Waals surface area (Å²) in [5.74, 6) is 0.534. The topological polar surface area (TPSA) is 68.7 Å². The van der Waals surface area contributed by atoms with Gasteiger partial charge in [-0.05, 0) is 30.0 Å². The van der Waals surface area contributed by atoms with Gasteiger partial charge >= 0.3 is 0 Å². The van der Waals surface area contributed by atoms with E-state index in [0.29, 0.717) is 11.5 Å². The van der Waals surface area contributed by atoms with Crippen LogP contribution >= 0.6 is 0 Å². The summed E-state index contributed by atoms with van der Waals surface area (Å²) in [6.45, 7) is 2.03. The van der Waals surface area contributed by atoms with Gasteiger partial charge in [0.15, 0.2) is 5.78 Å². The maximum absolute atomic E-state index is 12.7. The van der Waals surface area contributed by atoms with E-state index in [4.69, 9.17) is 9.47 Å². The fourth-order valence-corrected chi connectivity index (χ4v) is 2.59. The van der Waals surface area contributed by atoms with E-state index in [9.17, 15) is 9.90 Å². The summed E-state index contributed by atoms with van der Waals surface area (Å²) < 4.78 is 10.3. The quantitative estimate of drug-likeness (QED) is 0.791. The van der Waals surface area contributed by atoms with Crippen LogP contribution in [0.3, 0.4) is 0 Å². The molecule has 1 N–H and O–H groups in total. The summed E-state index contributed by atoms with van der Waals surface area (Å²) in [4.78, 5) is 16.7. The van der Waals surface area contributed by atoms with Gasteiger partial charge in [-0.2, -0.15) is 0 Å². The number of carbonyl (C=O) groups excluding carboxylic acids is 1. The van der Waals surface area contributed by atoms with E-state index in [1.165, 1.54) is 20.3 Å². The summed E-state index contributed by atoms with van der Waals surface area (Å²) in [7, 11) is 2.96. The smallest absolute Gasteiger partial charge is 0.170 e. The SMILES string of the molecule is CCC(CC(=O)c1c(O)cc(OC)cc1OC)c1ccncc1. The molecule has 0 aliphatic rings. The molecule has 0 aliphatic heterocycles. The summed E-state index contributed by atoms with van der Waals surface area (Å²) in [5, 5.41) is 10.2. The summed E-state index contributed by atoms with van der Waals surface area (Å²) in [6.07, 6.45) is 4.54. The van der Waals surface area contributed by atoms with E-state index < -0.39 is 0 Å². The summed E-state index contributed by atoms with van der Waals surface area (Å²) in [5.41, 5.74) is 1.25. The van der Waals surface area contributed by atoms with Gasteiger partial charge in [0, 0.05) is 30.9 Å². The van der Waals surface area contributed by atoms with Crippen molar-refractivity contribution in [3.63, 3.8) is 0 Å². The number of aromatic nitrogens is 1. The van der Waals surface area contributed by atoms with Crippen LogP contribution in [0.5, 0.6) is 17.2 Å². The van der Waals surface area contributed by atoms with Crippen molar-refractivity contribution < 1.29 is 19.4 Å². The Labute approximate surface area is 135 Å². The molecule has 2 aromatic rings. The normalized spacial score (nSPS) is 11.8. The summed E-state index contributed by atoms with van der Waals surface area (Å²) >= 11 is 0. The van der Waals surface area contributed by atoms with Gasteiger partial charge in [0.25, 0.3) is 0 Å². The van der Waals surface area contributed by atoms with Crippen LogP contribution < -0.4 is 9.47 Å². The molecule has 0 saturated heterocycles. The third-order valence-corrected chi connectivity index (χ3v) is 3.89. The molecule has 1 unspecified atom stereocenters. The molecule has 122 valence electrons. The first-order chi connectivity index (χ1) is 11.1. The number of methoxy groups -OCH3 is 2. The molecule has 5 heteroatoms. The number of ether oxygens (including phenoxy) is 2. The molecule has 1 heterocycles. The lowest BCUT2D eigenvalue weighted by Crippen LogP contribution is -2.09. The van der Waals surface area contributed by atoms with Gasteiger partial charge in [0.05, 0.1) is 14.2 Å². The first-order valence-electron chi connectivity index (χ1n) is 7.48. The van der Waals surface area contributed by atoms with Crippen LogP contribution in [0.15, 0.2) is 36.7 Å². The van der Waals surface area contributed by atoms with Crippen molar-refractivity contribution >= 4 is 5.78 Å². The zero-order valence-electron chi connectivity index (χ0n) is 13.6. The second kappa shape index (κ2) is 7.63. The molecule has 0 fully saturated rings. The first-order valence-corrected chi connectivity index (χ1v) is 7.48. The molecular formula is C18H21NO4. The highest BCUT2D eigenvalue weighted by molar-refractivity contribution is 6.01. The van der Waals surface area contributed by atoms with Crippen molar-refractivity contribution in [2.75, 3.05) is 14.2 Å². The number of carbonyl (C=O) groups is 1. The van der Waals surface area contributed by atoms with Crippen molar-refractivity contribution in [2.24, 2.45) is 0 Å². The second-order valence-electron chi connectivity index (χ2n) is 5.24. The first kappa shape index (κ1) is 16.8. The molecule has 2 rings (SSSR count). The van der Waals surface area contributed by atoms with E-state index in [-0.39, 0.29) is 29.4 Å². The second-order valence-corrected chi connectivity index (χ2v) is 5.24. The maximum atomic E-state index is 12.7. The molecule has 23 heavy (non-hydrogen) atoms. The number of hydrogen-bond acceptors (Lipinski definition) is 5. The number of phenols is 1. The molecule has 0 saturated carbocycles. The number of aromatic hydroxyl groups is 1. The Morgan fingerprint density at radius 1 is 1.22 bits per heavy atom. The predicted molar refractivity (Wildman–Crippen MR) is 87.4 cm³/mol. The third-order valence-electron chi connectivity index (χ3n) is 3.89. The highest BCUT2D eigenvalue weighted by Gasteiger charge is 2.22. The Kier molecular flexibility index (Phi) is 5.57. The lowest BCUT2D eigenvalue weighted by atomic mass is 9.89. The van der Waals surface area contributed by atoms with Crippen LogP contribution in [0.1, 0.15) is 41.6 Å². The number of benzene rings is 1. The van der Waals surface area contributed by atoms with Crippen molar-refractivity contribution in [1.82, 2.24) is 4.98 Å². The van der Waals surface area contributed by atoms with Gasteiger partial charge in [-0.3, -0.25) is 9.78 Å².